The first-order valence-corrected chi connectivity index (χ1v) is 21.1. The molecule has 0 unspecified atom stereocenters. The molecule has 0 aliphatic rings. The second-order valence-corrected chi connectivity index (χ2v) is 17.1. The minimum Gasteiger partial charge on any atom is -0.455 e. The van der Waals surface area contributed by atoms with Crippen LogP contribution in [0.15, 0.2) is 186 Å². The van der Waals surface area contributed by atoms with Crippen molar-refractivity contribution in [2.75, 3.05) is 0 Å². The molecule has 1 nitrogen and oxygen atoms in total. The molecule has 57 heavy (non-hydrogen) atoms. The summed E-state index contributed by atoms with van der Waals surface area (Å²) in [6.45, 7) is 0. The smallest absolute Gasteiger partial charge is 0.143 e. The van der Waals surface area contributed by atoms with Crippen molar-refractivity contribution in [3.05, 3.63) is 181 Å². The van der Waals surface area contributed by atoms with E-state index in [0.29, 0.717) is 0 Å². The van der Waals surface area contributed by atoms with E-state index < -0.39 is 0 Å². The third-order valence-corrected chi connectivity index (χ3v) is 14.2. The lowest BCUT2D eigenvalue weighted by Crippen LogP contribution is -1.91. The Morgan fingerprint density at radius 3 is 1.79 bits per heavy atom. The normalized spacial score (nSPS) is 12.2. The first-order valence-electron chi connectivity index (χ1n) is 19.4. The van der Waals surface area contributed by atoms with Gasteiger partial charge in [0.2, 0.25) is 0 Å². The van der Waals surface area contributed by atoms with E-state index in [1.165, 1.54) is 101 Å². The SMILES string of the molecule is c1ccc2cc(-c3csc4cc5c(cc34)sc3cc(-c4c6ccccc6c(-c6cccc7oc8c9ccccc9ccc8c67)c6ccccc46)ccc35)ccc2c1. The lowest BCUT2D eigenvalue weighted by atomic mass is 9.85. The Labute approximate surface area is 335 Å². The summed E-state index contributed by atoms with van der Waals surface area (Å²) in [4.78, 5) is 0. The van der Waals surface area contributed by atoms with Crippen LogP contribution in [-0.4, -0.2) is 0 Å². The fraction of sp³-hybridized carbons (Fsp3) is 0. The van der Waals surface area contributed by atoms with E-state index in [9.17, 15) is 0 Å². The number of hydrogen-bond donors (Lipinski definition) is 0. The van der Waals surface area contributed by atoms with Crippen LogP contribution in [0, 0.1) is 0 Å². The van der Waals surface area contributed by atoms with Crippen LogP contribution in [0.1, 0.15) is 0 Å². The van der Waals surface area contributed by atoms with Crippen LogP contribution in [-0.2, 0) is 0 Å². The van der Waals surface area contributed by atoms with Crippen molar-refractivity contribution < 1.29 is 4.42 Å². The average Bonchev–Trinajstić information content (AvgIpc) is 3.97. The molecule has 13 aromatic rings. The summed E-state index contributed by atoms with van der Waals surface area (Å²) in [6, 6.07) is 64.9. The van der Waals surface area contributed by atoms with Gasteiger partial charge in [-0.1, -0.05) is 140 Å². The first kappa shape index (κ1) is 31.4. The van der Waals surface area contributed by atoms with Gasteiger partial charge in [-0.05, 0) is 107 Å². The fourth-order valence-electron chi connectivity index (χ4n) is 9.52. The first-order chi connectivity index (χ1) is 28.2. The molecule has 13 rings (SSSR count). The van der Waals surface area contributed by atoms with E-state index in [1.807, 2.05) is 22.7 Å². The summed E-state index contributed by atoms with van der Waals surface area (Å²) < 4.78 is 10.6. The summed E-state index contributed by atoms with van der Waals surface area (Å²) in [5, 5.41) is 18.5. The highest BCUT2D eigenvalue weighted by molar-refractivity contribution is 7.26. The van der Waals surface area contributed by atoms with Gasteiger partial charge in [0.25, 0.3) is 0 Å². The summed E-state index contributed by atoms with van der Waals surface area (Å²) >= 11 is 3.75. The number of hydrogen-bond acceptors (Lipinski definition) is 3. The number of furan rings is 1. The molecular formula is C54H30OS2. The van der Waals surface area contributed by atoms with Gasteiger partial charge in [0.1, 0.15) is 11.2 Å². The molecule has 0 fully saturated rings. The molecule has 0 spiro atoms. The van der Waals surface area contributed by atoms with Gasteiger partial charge in [-0.15, -0.1) is 22.7 Å². The molecule has 264 valence electrons. The average molecular weight is 759 g/mol. The number of thiophene rings is 2. The molecule has 0 saturated carbocycles. The Balaban J connectivity index is 1.02. The third-order valence-electron chi connectivity index (χ3n) is 12.1. The molecule has 0 aliphatic carbocycles. The van der Waals surface area contributed by atoms with Gasteiger partial charge in [0.15, 0.2) is 0 Å². The molecule has 0 amide bonds. The van der Waals surface area contributed by atoms with Crippen molar-refractivity contribution in [1.82, 2.24) is 0 Å². The minimum absolute atomic E-state index is 0.913. The van der Waals surface area contributed by atoms with Gasteiger partial charge in [0.05, 0.1) is 0 Å². The monoisotopic (exact) mass is 758 g/mol. The van der Waals surface area contributed by atoms with E-state index in [0.717, 1.165) is 27.3 Å². The molecule has 0 saturated heterocycles. The maximum atomic E-state index is 6.68. The molecule has 0 atom stereocenters. The van der Waals surface area contributed by atoms with Gasteiger partial charge >= 0.3 is 0 Å². The minimum atomic E-state index is 0.913. The second-order valence-electron chi connectivity index (χ2n) is 15.2. The Kier molecular flexibility index (Phi) is 6.54. The highest BCUT2D eigenvalue weighted by Gasteiger charge is 2.21. The summed E-state index contributed by atoms with van der Waals surface area (Å²) in [6.07, 6.45) is 0. The lowest BCUT2D eigenvalue weighted by Gasteiger charge is -2.18. The molecule has 0 radical (unpaired) electrons. The largest absolute Gasteiger partial charge is 0.455 e. The van der Waals surface area contributed by atoms with Crippen molar-refractivity contribution in [3.63, 3.8) is 0 Å². The van der Waals surface area contributed by atoms with Crippen LogP contribution >= 0.6 is 22.7 Å². The van der Waals surface area contributed by atoms with Crippen LogP contribution in [0.5, 0.6) is 0 Å². The summed E-state index contributed by atoms with van der Waals surface area (Å²) in [5.41, 5.74) is 9.41. The van der Waals surface area contributed by atoms with Crippen molar-refractivity contribution in [1.29, 1.82) is 0 Å². The molecule has 0 N–H and O–H groups in total. The quantitative estimate of drug-likeness (QED) is 0.164. The van der Waals surface area contributed by atoms with Crippen molar-refractivity contribution in [2.45, 2.75) is 0 Å². The third kappa shape index (κ3) is 4.56. The predicted molar refractivity (Wildman–Crippen MR) is 248 cm³/mol. The van der Waals surface area contributed by atoms with Gasteiger partial charge in [-0.2, -0.15) is 0 Å². The Hall–Kier alpha value is -6.78. The van der Waals surface area contributed by atoms with E-state index in [4.69, 9.17) is 4.42 Å². The number of fused-ring (bicyclic) bond motifs is 12. The molecular weight excluding hydrogens is 729 g/mol. The maximum Gasteiger partial charge on any atom is 0.143 e. The van der Waals surface area contributed by atoms with Gasteiger partial charge in [0, 0.05) is 52.0 Å². The zero-order valence-electron chi connectivity index (χ0n) is 30.5. The molecule has 0 bridgehead atoms. The second kappa shape index (κ2) is 11.9. The number of rotatable bonds is 3. The van der Waals surface area contributed by atoms with Crippen LogP contribution in [0.2, 0.25) is 0 Å². The summed E-state index contributed by atoms with van der Waals surface area (Å²) in [7, 11) is 0. The Morgan fingerprint density at radius 1 is 0.351 bits per heavy atom. The lowest BCUT2D eigenvalue weighted by molar-refractivity contribution is 0.673. The zero-order valence-corrected chi connectivity index (χ0v) is 32.2. The van der Waals surface area contributed by atoms with Crippen molar-refractivity contribution in [2.24, 2.45) is 0 Å². The highest BCUT2D eigenvalue weighted by atomic mass is 32.1. The van der Waals surface area contributed by atoms with E-state index in [1.54, 1.807) is 0 Å². The molecule has 0 aliphatic heterocycles. The maximum absolute atomic E-state index is 6.68. The Morgan fingerprint density at radius 2 is 0.982 bits per heavy atom. The highest BCUT2D eigenvalue weighted by Crippen LogP contribution is 2.49. The zero-order chi connectivity index (χ0) is 37.2. The van der Waals surface area contributed by atoms with E-state index >= 15 is 0 Å². The number of benzene rings is 10. The van der Waals surface area contributed by atoms with Crippen LogP contribution in [0.25, 0.3) is 129 Å². The fourth-order valence-corrected chi connectivity index (χ4v) is 11.7. The molecule has 3 aromatic heterocycles. The van der Waals surface area contributed by atoms with Crippen molar-refractivity contribution >= 4 is 118 Å². The Bertz CT molecular complexity index is 3760. The van der Waals surface area contributed by atoms with E-state index in [2.05, 4.69) is 181 Å². The van der Waals surface area contributed by atoms with Crippen LogP contribution < -0.4 is 0 Å². The standard InChI is InChI=1S/C54H30OS2/c1-2-12-33-26-34(21-20-31(33)10-1)46-30-56-48-28-44-37-24-23-35(27-49(37)57-50(44)29-45(46)48)51-38-14-5-7-16-40(38)52(41-17-8-6-15-39(41)51)42-18-9-19-47-53(42)43-25-22-32-11-3-4-13-36(32)54(43)55-47/h1-30H. The molecule has 3 heterocycles. The van der Waals surface area contributed by atoms with Gasteiger partial charge in [-0.3, -0.25) is 0 Å². The predicted octanol–water partition coefficient (Wildman–Crippen LogP) is 16.8. The van der Waals surface area contributed by atoms with Crippen LogP contribution in [0.4, 0.5) is 0 Å². The molecule has 10 aromatic carbocycles. The topological polar surface area (TPSA) is 13.1 Å². The molecule has 3 heteroatoms. The summed E-state index contributed by atoms with van der Waals surface area (Å²) in [5.74, 6) is 0. The van der Waals surface area contributed by atoms with Gasteiger partial charge in [-0.25, -0.2) is 0 Å². The van der Waals surface area contributed by atoms with Crippen molar-refractivity contribution in [3.8, 4) is 33.4 Å². The van der Waals surface area contributed by atoms with E-state index in [-0.39, 0.29) is 0 Å². The van der Waals surface area contributed by atoms with Gasteiger partial charge < -0.3 is 4.42 Å². The van der Waals surface area contributed by atoms with Crippen LogP contribution in [0.3, 0.4) is 0 Å².